The highest BCUT2D eigenvalue weighted by Gasteiger charge is 2.34. The van der Waals surface area contributed by atoms with Gasteiger partial charge in [-0.15, -0.1) is 0 Å². The van der Waals surface area contributed by atoms with Crippen molar-refractivity contribution in [3.8, 4) is 11.5 Å². The minimum Gasteiger partial charge on any atom is -0.508 e. The van der Waals surface area contributed by atoms with Crippen LogP contribution in [-0.2, 0) is 22.4 Å². The zero-order valence-electron chi connectivity index (χ0n) is 17.4. The van der Waals surface area contributed by atoms with Crippen LogP contribution in [0.4, 0.5) is 8.78 Å². The number of carboxylic acid groups (broad SMARTS) is 2. The van der Waals surface area contributed by atoms with Gasteiger partial charge < -0.3 is 31.9 Å². The molecule has 0 saturated heterocycles. The predicted molar refractivity (Wildman–Crippen MR) is 114 cm³/mol. The molecular formula is C22H28F2N2O6. The van der Waals surface area contributed by atoms with Crippen molar-refractivity contribution < 1.29 is 38.8 Å². The molecule has 0 aromatic heterocycles. The molecule has 0 heterocycles. The molecule has 2 atom stereocenters. The second-order valence-electron chi connectivity index (χ2n) is 7.52. The topological polar surface area (TPSA) is 167 Å². The number of rotatable bonds is 10. The maximum absolute atomic E-state index is 12.5. The second kappa shape index (κ2) is 12.0. The van der Waals surface area contributed by atoms with E-state index in [-0.39, 0.29) is 24.3 Å². The lowest BCUT2D eigenvalue weighted by Crippen LogP contribution is -2.50. The highest BCUT2D eigenvalue weighted by Crippen LogP contribution is 2.17. The molecule has 2 aromatic rings. The van der Waals surface area contributed by atoms with E-state index in [2.05, 4.69) is 0 Å². The Labute approximate surface area is 184 Å². The van der Waals surface area contributed by atoms with Crippen LogP contribution in [-0.4, -0.2) is 56.8 Å². The number of benzene rings is 2. The molecule has 0 bridgehead atoms. The van der Waals surface area contributed by atoms with E-state index >= 15 is 0 Å². The first-order chi connectivity index (χ1) is 15.0. The van der Waals surface area contributed by atoms with Crippen LogP contribution in [0.25, 0.3) is 0 Å². The van der Waals surface area contributed by atoms with Crippen molar-refractivity contribution in [2.75, 3.05) is 13.3 Å². The normalized spacial score (nSPS) is 14.4. The van der Waals surface area contributed by atoms with E-state index < -0.39 is 36.4 Å². The first kappa shape index (κ1) is 26.8. The van der Waals surface area contributed by atoms with Gasteiger partial charge in [-0.2, -0.15) is 0 Å². The maximum Gasteiger partial charge on any atom is 0.326 e. The van der Waals surface area contributed by atoms with Crippen molar-refractivity contribution in [2.45, 2.75) is 36.8 Å². The van der Waals surface area contributed by atoms with Crippen LogP contribution in [0.1, 0.15) is 24.0 Å². The standard InChI is InChI=1S/2C11H14FNO3/c2*12-7-11(13,10(15)16)6-5-8-1-3-9(14)4-2-8/h2*1-4,14H,5-7,13H2,(H,15,16). The van der Waals surface area contributed by atoms with E-state index in [1.165, 1.54) is 24.3 Å². The number of nitrogens with two attached hydrogens (primary N) is 2. The first-order valence-electron chi connectivity index (χ1n) is 9.68. The van der Waals surface area contributed by atoms with Crippen LogP contribution in [0.2, 0.25) is 0 Å². The van der Waals surface area contributed by atoms with Gasteiger partial charge in [0.15, 0.2) is 0 Å². The third-order valence-corrected chi connectivity index (χ3v) is 4.92. The van der Waals surface area contributed by atoms with Gasteiger partial charge in [0.2, 0.25) is 0 Å². The molecule has 0 amide bonds. The van der Waals surface area contributed by atoms with Crippen molar-refractivity contribution in [3.05, 3.63) is 59.7 Å². The lowest BCUT2D eigenvalue weighted by Gasteiger charge is -2.20. The number of carbonyl (C=O) groups is 2. The van der Waals surface area contributed by atoms with Crippen LogP contribution >= 0.6 is 0 Å². The number of aliphatic carboxylic acids is 2. The number of alkyl halides is 2. The average Bonchev–Trinajstić information content (AvgIpc) is 2.78. The average molecular weight is 454 g/mol. The van der Waals surface area contributed by atoms with Crippen molar-refractivity contribution in [3.63, 3.8) is 0 Å². The molecule has 2 aromatic carbocycles. The third-order valence-electron chi connectivity index (χ3n) is 4.92. The maximum atomic E-state index is 12.5. The molecule has 0 aliphatic rings. The van der Waals surface area contributed by atoms with E-state index in [1.54, 1.807) is 24.3 Å². The minimum atomic E-state index is -1.82. The third kappa shape index (κ3) is 8.12. The van der Waals surface area contributed by atoms with E-state index in [9.17, 15) is 18.4 Å². The zero-order chi connectivity index (χ0) is 24.4. The fourth-order valence-corrected chi connectivity index (χ4v) is 2.52. The summed E-state index contributed by atoms with van der Waals surface area (Å²) in [5.41, 5.74) is 8.76. The summed E-state index contributed by atoms with van der Waals surface area (Å²) in [6.45, 7) is -2.19. The molecule has 176 valence electrons. The summed E-state index contributed by atoms with van der Waals surface area (Å²) >= 11 is 0. The van der Waals surface area contributed by atoms with Crippen LogP contribution in [0.3, 0.4) is 0 Å². The minimum absolute atomic E-state index is 0.0175. The smallest absolute Gasteiger partial charge is 0.326 e. The van der Waals surface area contributed by atoms with E-state index in [4.69, 9.17) is 31.9 Å². The monoisotopic (exact) mass is 454 g/mol. The van der Waals surface area contributed by atoms with Crippen molar-refractivity contribution in [1.82, 2.24) is 0 Å². The van der Waals surface area contributed by atoms with E-state index in [1.807, 2.05) is 0 Å². The van der Waals surface area contributed by atoms with Crippen LogP contribution in [0.15, 0.2) is 48.5 Å². The first-order valence-corrected chi connectivity index (χ1v) is 9.68. The number of hydrogen-bond donors (Lipinski definition) is 6. The number of hydrogen-bond acceptors (Lipinski definition) is 6. The van der Waals surface area contributed by atoms with Gasteiger partial charge in [0.05, 0.1) is 0 Å². The quantitative estimate of drug-likeness (QED) is 0.317. The number of aromatic hydroxyl groups is 2. The SMILES string of the molecule is NC(CF)(CCc1ccc(O)cc1)C(=O)O.NC(CF)(CCc1ccc(O)cc1)C(=O)O. The van der Waals surface area contributed by atoms with Gasteiger partial charge in [-0.25, -0.2) is 8.78 Å². The second-order valence-corrected chi connectivity index (χ2v) is 7.52. The van der Waals surface area contributed by atoms with Crippen molar-refractivity contribution >= 4 is 11.9 Å². The van der Waals surface area contributed by atoms with Gasteiger partial charge in [0.1, 0.15) is 35.9 Å². The zero-order valence-corrected chi connectivity index (χ0v) is 17.4. The Morgan fingerprint density at radius 2 is 0.969 bits per heavy atom. The van der Waals surface area contributed by atoms with Gasteiger partial charge in [0.25, 0.3) is 0 Å². The van der Waals surface area contributed by atoms with Crippen LogP contribution in [0.5, 0.6) is 11.5 Å². The molecule has 32 heavy (non-hydrogen) atoms. The summed E-state index contributed by atoms with van der Waals surface area (Å²) in [6.07, 6.45) is 0.743. The highest BCUT2D eigenvalue weighted by molar-refractivity contribution is 5.79. The fraction of sp³-hybridized carbons (Fsp3) is 0.364. The predicted octanol–water partition coefficient (Wildman–Crippen LogP) is 2.15. The summed E-state index contributed by atoms with van der Waals surface area (Å²) < 4.78 is 25.0. The Morgan fingerprint density at radius 3 is 1.19 bits per heavy atom. The van der Waals surface area contributed by atoms with E-state index in [0.29, 0.717) is 12.8 Å². The van der Waals surface area contributed by atoms with Gasteiger partial charge in [0, 0.05) is 0 Å². The highest BCUT2D eigenvalue weighted by atomic mass is 19.1. The Kier molecular flexibility index (Phi) is 10.0. The Hall–Kier alpha value is -3.24. The molecule has 8 nitrogen and oxygen atoms in total. The van der Waals surface area contributed by atoms with Crippen LogP contribution in [0, 0.1) is 0 Å². The molecule has 0 spiro atoms. The van der Waals surface area contributed by atoms with Gasteiger partial charge in [-0.3, -0.25) is 9.59 Å². The molecular weight excluding hydrogens is 426 g/mol. The summed E-state index contributed by atoms with van der Waals surface area (Å²) in [5.74, 6) is -2.42. The number of carboxylic acids is 2. The number of phenolic OH excluding ortho intramolecular Hbond substituents is 2. The molecule has 0 aliphatic carbocycles. The lowest BCUT2D eigenvalue weighted by molar-refractivity contribution is -0.145. The molecule has 0 aliphatic heterocycles. The summed E-state index contributed by atoms with van der Waals surface area (Å²) in [7, 11) is 0. The Balaban J connectivity index is 0.000000320. The molecule has 8 N–H and O–H groups in total. The van der Waals surface area contributed by atoms with Gasteiger partial charge in [-0.05, 0) is 61.1 Å². The number of phenols is 2. The van der Waals surface area contributed by atoms with Gasteiger partial charge >= 0.3 is 11.9 Å². The van der Waals surface area contributed by atoms with Crippen molar-refractivity contribution in [2.24, 2.45) is 11.5 Å². The fourth-order valence-electron chi connectivity index (χ4n) is 2.52. The molecule has 0 fully saturated rings. The number of halogens is 2. The van der Waals surface area contributed by atoms with E-state index in [0.717, 1.165) is 11.1 Å². The van der Waals surface area contributed by atoms with Gasteiger partial charge in [-0.1, -0.05) is 24.3 Å². The lowest BCUT2D eigenvalue weighted by atomic mass is 9.94. The molecule has 2 rings (SSSR count). The molecule has 0 radical (unpaired) electrons. The van der Waals surface area contributed by atoms with Crippen molar-refractivity contribution in [1.29, 1.82) is 0 Å². The Morgan fingerprint density at radius 1 is 0.688 bits per heavy atom. The number of aryl methyl sites for hydroxylation is 2. The molecule has 10 heteroatoms. The summed E-state index contributed by atoms with van der Waals surface area (Å²) in [4.78, 5) is 21.4. The molecule has 0 saturated carbocycles. The largest absolute Gasteiger partial charge is 0.508 e. The summed E-state index contributed by atoms with van der Waals surface area (Å²) in [6, 6.07) is 12.6. The summed E-state index contributed by atoms with van der Waals surface area (Å²) in [5, 5.41) is 35.6. The molecule has 2 unspecified atom stereocenters. The van der Waals surface area contributed by atoms with Crippen LogP contribution < -0.4 is 11.5 Å². The Bertz CT molecular complexity index is 805.